The summed E-state index contributed by atoms with van der Waals surface area (Å²) in [5, 5.41) is 13.7. The zero-order valence-corrected chi connectivity index (χ0v) is 22.5. The molecule has 1 aliphatic carbocycles. The summed E-state index contributed by atoms with van der Waals surface area (Å²) < 4.78 is 46.4. The maximum atomic E-state index is 14.7. The lowest BCUT2D eigenvalue weighted by atomic mass is 9.92. The Morgan fingerprint density at radius 3 is 2.30 bits per heavy atom. The molecule has 1 saturated heterocycles. The van der Waals surface area contributed by atoms with Gasteiger partial charge < -0.3 is 14.9 Å². The van der Waals surface area contributed by atoms with Crippen LogP contribution in [0, 0.1) is 19.7 Å². The molecule has 0 bridgehead atoms. The van der Waals surface area contributed by atoms with Gasteiger partial charge in [0.1, 0.15) is 12.4 Å². The molecule has 0 spiro atoms. The molecule has 1 saturated carbocycles. The third-order valence-corrected chi connectivity index (χ3v) is 7.33. The largest absolute Gasteiger partial charge is 0.490 e. The average molecular weight is 569 g/mol. The molecule has 1 unspecified atom stereocenters. The SMILES string of the molecule is Cc1c(Cc2ccc(F)c(C(=O)N3CC(=O)N(C4CCCCC4)C(C)C3)c2)n[nH]c(=O)c1C.O=C(O)C(F)(F)F. The highest BCUT2D eigenvalue weighted by Crippen LogP contribution is 2.27. The minimum atomic E-state index is -5.08. The number of piperazine rings is 1. The van der Waals surface area contributed by atoms with Crippen LogP contribution in [0.25, 0.3) is 0 Å². The van der Waals surface area contributed by atoms with Crippen molar-refractivity contribution in [1.82, 2.24) is 20.0 Å². The van der Waals surface area contributed by atoms with E-state index in [1.807, 2.05) is 18.7 Å². The maximum absolute atomic E-state index is 14.7. The van der Waals surface area contributed by atoms with Gasteiger partial charge in [-0.25, -0.2) is 14.3 Å². The summed E-state index contributed by atoms with van der Waals surface area (Å²) in [4.78, 5) is 50.2. The number of carbonyl (C=O) groups excluding carboxylic acids is 2. The van der Waals surface area contributed by atoms with Gasteiger partial charge in [0.25, 0.3) is 11.5 Å². The van der Waals surface area contributed by atoms with Crippen molar-refractivity contribution < 1.29 is 37.1 Å². The number of carboxylic acids is 1. The molecule has 2 N–H and O–H groups in total. The van der Waals surface area contributed by atoms with Crippen molar-refractivity contribution in [3.63, 3.8) is 0 Å². The molecule has 2 fully saturated rings. The summed E-state index contributed by atoms with van der Waals surface area (Å²) in [6, 6.07) is 4.57. The topological polar surface area (TPSA) is 124 Å². The molecule has 1 atom stereocenters. The van der Waals surface area contributed by atoms with Crippen molar-refractivity contribution in [2.75, 3.05) is 13.1 Å². The molecular formula is C27H32F4N4O5. The Hall–Kier alpha value is -3.77. The number of alkyl halides is 3. The molecule has 40 heavy (non-hydrogen) atoms. The number of aliphatic carboxylic acids is 1. The van der Waals surface area contributed by atoms with Gasteiger partial charge in [0.05, 0.1) is 11.3 Å². The maximum Gasteiger partial charge on any atom is 0.490 e. The first-order valence-corrected chi connectivity index (χ1v) is 12.9. The van der Waals surface area contributed by atoms with Crippen LogP contribution in [0.15, 0.2) is 23.0 Å². The Labute approximate surface area is 228 Å². The van der Waals surface area contributed by atoms with Gasteiger partial charge in [0, 0.05) is 30.6 Å². The minimum Gasteiger partial charge on any atom is -0.475 e. The molecule has 4 rings (SSSR count). The fourth-order valence-electron chi connectivity index (χ4n) is 5.09. The van der Waals surface area contributed by atoms with Crippen molar-refractivity contribution in [3.05, 3.63) is 62.3 Å². The van der Waals surface area contributed by atoms with Crippen LogP contribution in [0.2, 0.25) is 0 Å². The zero-order valence-electron chi connectivity index (χ0n) is 22.5. The van der Waals surface area contributed by atoms with Gasteiger partial charge in [0.2, 0.25) is 5.91 Å². The molecule has 218 valence electrons. The lowest BCUT2D eigenvalue weighted by Gasteiger charge is -2.45. The fourth-order valence-corrected chi connectivity index (χ4v) is 5.09. The second kappa shape index (κ2) is 12.6. The molecular weight excluding hydrogens is 536 g/mol. The van der Waals surface area contributed by atoms with Crippen LogP contribution in [0.4, 0.5) is 17.6 Å². The van der Waals surface area contributed by atoms with Gasteiger partial charge in [0.15, 0.2) is 0 Å². The quantitative estimate of drug-likeness (QED) is 0.542. The standard InChI is InChI=1S/C25H31FN4O3.C2HF3O2/c1-15-13-29(14-23(31)30(15)19-7-5-4-6-8-19)25(33)20-11-18(9-10-21(20)26)12-22-16(2)17(3)24(32)28-27-22;3-2(4,5)1(6)7/h9-11,15,19H,4-8,12-14H2,1-3H3,(H,28,32);(H,6,7). The van der Waals surface area contributed by atoms with Crippen molar-refractivity contribution >= 4 is 17.8 Å². The number of hydrogen-bond acceptors (Lipinski definition) is 5. The van der Waals surface area contributed by atoms with Gasteiger partial charge in [-0.1, -0.05) is 25.3 Å². The smallest absolute Gasteiger partial charge is 0.475 e. The van der Waals surface area contributed by atoms with Crippen molar-refractivity contribution in [2.24, 2.45) is 0 Å². The van der Waals surface area contributed by atoms with Crippen LogP contribution in [0.5, 0.6) is 0 Å². The van der Waals surface area contributed by atoms with E-state index in [1.54, 1.807) is 13.0 Å². The Bertz CT molecular complexity index is 1320. The highest BCUT2D eigenvalue weighted by Gasteiger charge is 2.38. The number of halogens is 4. The van der Waals surface area contributed by atoms with E-state index in [0.717, 1.165) is 31.2 Å². The average Bonchev–Trinajstić information content (AvgIpc) is 2.89. The van der Waals surface area contributed by atoms with Crippen LogP contribution in [-0.2, 0) is 16.0 Å². The number of hydrogen-bond donors (Lipinski definition) is 2. The predicted molar refractivity (Wildman–Crippen MR) is 136 cm³/mol. The molecule has 2 aromatic rings. The monoisotopic (exact) mass is 568 g/mol. The number of benzene rings is 1. The van der Waals surface area contributed by atoms with Crippen molar-refractivity contribution in [3.8, 4) is 0 Å². The molecule has 9 nitrogen and oxygen atoms in total. The lowest BCUT2D eigenvalue weighted by Crippen LogP contribution is -2.60. The summed E-state index contributed by atoms with van der Waals surface area (Å²) >= 11 is 0. The van der Waals surface area contributed by atoms with E-state index in [1.165, 1.54) is 23.5 Å². The third-order valence-electron chi connectivity index (χ3n) is 7.33. The van der Waals surface area contributed by atoms with E-state index in [0.29, 0.717) is 29.8 Å². The van der Waals surface area contributed by atoms with Crippen LogP contribution in [-0.4, -0.2) is 74.2 Å². The number of H-pyrrole nitrogens is 1. The van der Waals surface area contributed by atoms with Gasteiger partial charge >= 0.3 is 12.1 Å². The van der Waals surface area contributed by atoms with Gasteiger partial charge in [-0.15, -0.1) is 0 Å². The zero-order chi connectivity index (χ0) is 29.8. The fraction of sp³-hybridized carbons (Fsp3) is 0.519. The Morgan fingerprint density at radius 1 is 1.10 bits per heavy atom. The summed E-state index contributed by atoms with van der Waals surface area (Å²) in [6.07, 6.45) is 0.766. The highest BCUT2D eigenvalue weighted by molar-refractivity contribution is 5.97. The van der Waals surface area contributed by atoms with E-state index in [9.17, 15) is 31.9 Å². The summed E-state index contributed by atoms with van der Waals surface area (Å²) in [6.45, 7) is 5.88. The molecule has 1 aliphatic heterocycles. The number of amides is 2. The van der Waals surface area contributed by atoms with Crippen molar-refractivity contribution in [2.45, 2.75) is 77.6 Å². The summed E-state index contributed by atoms with van der Waals surface area (Å²) in [7, 11) is 0. The Morgan fingerprint density at radius 2 is 1.73 bits per heavy atom. The molecule has 13 heteroatoms. The van der Waals surface area contributed by atoms with Gasteiger partial charge in [-0.2, -0.15) is 18.3 Å². The minimum absolute atomic E-state index is 0.0247. The number of nitrogens with zero attached hydrogens (tertiary/aromatic N) is 3. The first-order chi connectivity index (χ1) is 18.7. The van der Waals surface area contributed by atoms with Gasteiger partial charge in [-0.3, -0.25) is 14.4 Å². The lowest BCUT2D eigenvalue weighted by molar-refractivity contribution is -0.192. The molecule has 1 aromatic carbocycles. The summed E-state index contributed by atoms with van der Waals surface area (Å²) in [5.74, 6) is -3.90. The number of carboxylic acid groups (broad SMARTS) is 1. The van der Waals surface area contributed by atoms with Crippen molar-refractivity contribution in [1.29, 1.82) is 0 Å². The normalized spacial score (nSPS) is 18.3. The predicted octanol–water partition coefficient (Wildman–Crippen LogP) is 3.76. The first kappa shape index (κ1) is 30.8. The second-order valence-corrected chi connectivity index (χ2v) is 10.2. The molecule has 2 aliphatic rings. The number of carbonyl (C=O) groups is 3. The second-order valence-electron chi connectivity index (χ2n) is 10.2. The Balaban J connectivity index is 0.000000559. The van der Waals surface area contributed by atoms with Gasteiger partial charge in [-0.05, 0) is 56.9 Å². The van der Waals surface area contributed by atoms with Crippen LogP contribution in [0.1, 0.15) is 71.8 Å². The van der Waals surface area contributed by atoms with E-state index < -0.39 is 23.9 Å². The third kappa shape index (κ3) is 7.24. The molecule has 0 radical (unpaired) electrons. The summed E-state index contributed by atoms with van der Waals surface area (Å²) in [5.41, 5.74) is 2.45. The van der Waals surface area contributed by atoms with Crippen LogP contribution >= 0.6 is 0 Å². The van der Waals surface area contributed by atoms with E-state index in [4.69, 9.17) is 9.90 Å². The number of aromatic amines is 1. The highest BCUT2D eigenvalue weighted by atomic mass is 19.4. The van der Waals surface area contributed by atoms with E-state index in [2.05, 4.69) is 10.2 Å². The van der Waals surface area contributed by atoms with Crippen LogP contribution in [0.3, 0.4) is 0 Å². The molecule has 2 heterocycles. The number of rotatable bonds is 4. The van der Waals surface area contributed by atoms with E-state index >= 15 is 0 Å². The number of nitrogens with one attached hydrogen (secondary N) is 1. The molecule has 1 aromatic heterocycles. The number of aromatic nitrogens is 2. The van der Waals surface area contributed by atoms with E-state index in [-0.39, 0.29) is 35.7 Å². The molecule has 2 amide bonds. The van der Waals surface area contributed by atoms with Crippen LogP contribution < -0.4 is 5.56 Å². The Kier molecular flexibility index (Phi) is 9.69. The first-order valence-electron chi connectivity index (χ1n) is 12.9.